The molecule has 1 N–H and O–H groups in total. The second kappa shape index (κ2) is 6.70. The monoisotopic (exact) mass is 319 g/mol. The van der Waals surface area contributed by atoms with Gasteiger partial charge < -0.3 is 0 Å². The Hall–Kier alpha value is -3.54. The summed E-state index contributed by atoms with van der Waals surface area (Å²) >= 11 is 0. The fraction of sp³-hybridized carbons (Fsp3) is 0. The van der Waals surface area contributed by atoms with E-state index in [2.05, 4.69) is 10.5 Å². The molecule has 24 heavy (non-hydrogen) atoms. The molecule has 0 aromatic heterocycles. The van der Waals surface area contributed by atoms with Gasteiger partial charge in [0.05, 0.1) is 11.1 Å². The van der Waals surface area contributed by atoms with E-state index in [1.54, 1.807) is 18.2 Å². The number of non-ortho nitro benzene ring substituents is 1. The van der Waals surface area contributed by atoms with Crippen LogP contribution in [0.3, 0.4) is 0 Å². The highest BCUT2D eigenvalue weighted by Gasteiger charge is 2.08. The standard InChI is InChI=1S/C18H13N3O3/c22-18(17-7-3-5-14-4-1-2-6-16(14)17)20-19-12-13-8-10-15(11-9-13)21(23)24/h1-12H,(H,20,22)/b19-12+. The SMILES string of the molecule is O=C(N/N=C/c1ccc([N+](=O)[O-])cc1)c1cccc2ccccc12. The van der Waals surface area contributed by atoms with E-state index < -0.39 is 4.92 Å². The molecule has 0 aliphatic rings. The van der Waals surface area contributed by atoms with Crippen LogP contribution in [0.4, 0.5) is 5.69 Å². The molecule has 1 amide bonds. The number of nitrogens with one attached hydrogen (secondary N) is 1. The third-order valence-corrected chi connectivity index (χ3v) is 3.52. The molecule has 0 atom stereocenters. The minimum absolute atomic E-state index is 0.00643. The van der Waals surface area contributed by atoms with Crippen molar-refractivity contribution in [3.8, 4) is 0 Å². The lowest BCUT2D eigenvalue weighted by Gasteiger charge is -2.04. The molecule has 118 valence electrons. The fourth-order valence-corrected chi connectivity index (χ4v) is 2.33. The summed E-state index contributed by atoms with van der Waals surface area (Å²) in [6.45, 7) is 0. The minimum Gasteiger partial charge on any atom is -0.267 e. The molecule has 0 saturated heterocycles. The number of hydrazone groups is 1. The summed E-state index contributed by atoms with van der Waals surface area (Å²) in [5, 5.41) is 16.3. The Morgan fingerprint density at radius 3 is 2.46 bits per heavy atom. The number of nitro groups is 1. The molecule has 6 nitrogen and oxygen atoms in total. The summed E-state index contributed by atoms with van der Waals surface area (Å²) in [4.78, 5) is 22.4. The largest absolute Gasteiger partial charge is 0.271 e. The summed E-state index contributed by atoms with van der Waals surface area (Å²) in [6.07, 6.45) is 1.44. The Labute approximate surface area is 137 Å². The lowest BCUT2D eigenvalue weighted by atomic mass is 10.0. The molecule has 0 bridgehead atoms. The highest BCUT2D eigenvalue weighted by Crippen LogP contribution is 2.18. The zero-order valence-corrected chi connectivity index (χ0v) is 12.5. The highest BCUT2D eigenvalue weighted by atomic mass is 16.6. The summed E-state index contributed by atoms with van der Waals surface area (Å²) in [6, 6.07) is 19.0. The van der Waals surface area contributed by atoms with E-state index in [4.69, 9.17) is 0 Å². The van der Waals surface area contributed by atoms with Crippen LogP contribution in [0.1, 0.15) is 15.9 Å². The lowest BCUT2D eigenvalue weighted by Crippen LogP contribution is -2.17. The normalized spacial score (nSPS) is 10.8. The van der Waals surface area contributed by atoms with Crippen molar-refractivity contribution in [3.63, 3.8) is 0 Å². The Balaban J connectivity index is 1.74. The van der Waals surface area contributed by atoms with Gasteiger partial charge in [-0.15, -0.1) is 0 Å². The molecule has 0 heterocycles. The van der Waals surface area contributed by atoms with Crippen molar-refractivity contribution in [3.05, 3.63) is 88.0 Å². The summed E-state index contributed by atoms with van der Waals surface area (Å²) in [7, 11) is 0. The molecule has 0 aliphatic carbocycles. The number of benzene rings is 3. The van der Waals surface area contributed by atoms with Gasteiger partial charge in [0.2, 0.25) is 0 Å². The maximum atomic E-state index is 12.3. The molecule has 3 aromatic carbocycles. The van der Waals surface area contributed by atoms with E-state index >= 15 is 0 Å². The number of carbonyl (C=O) groups is 1. The van der Waals surface area contributed by atoms with E-state index in [1.807, 2.05) is 36.4 Å². The van der Waals surface area contributed by atoms with Gasteiger partial charge in [0, 0.05) is 17.7 Å². The van der Waals surface area contributed by atoms with E-state index in [1.165, 1.54) is 18.3 Å². The third-order valence-electron chi connectivity index (χ3n) is 3.52. The fourth-order valence-electron chi connectivity index (χ4n) is 2.33. The topological polar surface area (TPSA) is 84.6 Å². The predicted octanol–water partition coefficient (Wildman–Crippen LogP) is 3.51. The molecule has 0 radical (unpaired) electrons. The third kappa shape index (κ3) is 3.27. The van der Waals surface area contributed by atoms with Crippen LogP contribution in [0.15, 0.2) is 71.8 Å². The number of nitro benzene ring substituents is 1. The van der Waals surface area contributed by atoms with Gasteiger partial charge in [-0.05, 0) is 34.5 Å². The Bertz CT molecular complexity index is 928. The van der Waals surface area contributed by atoms with E-state index in [0.717, 1.165) is 10.8 Å². The van der Waals surface area contributed by atoms with Gasteiger partial charge in [-0.1, -0.05) is 36.4 Å². The van der Waals surface area contributed by atoms with Crippen molar-refractivity contribution in [2.75, 3.05) is 0 Å². The molecular formula is C18H13N3O3. The zero-order valence-electron chi connectivity index (χ0n) is 12.5. The smallest absolute Gasteiger partial charge is 0.267 e. The van der Waals surface area contributed by atoms with Crippen LogP contribution in [-0.2, 0) is 0 Å². The van der Waals surface area contributed by atoms with Gasteiger partial charge in [0.1, 0.15) is 0 Å². The molecule has 0 fully saturated rings. The number of nitrogens with zero attached hydrogens (tertiary/aromatic N) is 2. The molecule has 6 heteroatoms. The summed E-state index contributed by atoms with van der Waals surface area (Å²) in [5.41, 5.74) is 3.67. The number of hydrogen-bond acceptors (Lipinski definition) is 4. The van der Waals surface area contributed by atoms with Crippen LogP contribution >= 0.6 is 0 Å². The van der Waals surface area contributed by atoms with Crippen LogP contribution in [0.2, 0.25) is 0 Å². The van der Waals surface area contributed by atoms with E-state index in [9.17, 15) is 14.9 Å². The zero-order chi connectivity index (χ0) is 16.9. The van der Waals surface area contributed by atoms with Crippen molar-refractivity contribution in [1.82, 2.24) is 5.43 Å². The summed E-state index contributed by atoms with van der Waals surface area (Å²) < 4.78 is 0. The van der Waals surface area contributed by atoms with Crippen molar-refractivity contribution < 1.29 is 9.72 Å². The molecule has 0 saturated carbocycles. The lowest BCUT2D eigenvalue weighted by molar-refractivity contribution is -0.384. The van der Waals surface area contributed by atoms with Gasteiger partial charge in [0.25, 0.3) is 11.6 Å². The molecular weight excluding hydrogens is 306 g/mol. The van der Waals surface area contributed by atoms with Gasteiger partial charge in [0.15, 0.2) is 0 Å². The van der Waals surface area contributed by atoms with Crippen molar-refractivity contribution in [1.29, 1.82) is 0 Å². The summed E-state index contributed by atoms with van der Waals surface area (Å²) in [5.74, 6) is -0.315. The first kappa shape index (κ1) is 15.4. The average molecular weight is 319 g/mol. The van der Waals surface area contributed by atoms with Crippen LogP contribution < -0.4 is 5.43 Å². The maximum absolute atomic E-state index is 12.3. The Kier molecular flexibility index (Phi) is 4.29. The highest BCUT2D eigenvalue weighted by molar-refractivity contribution is 6.07. The second-order valence-electron chi connectivity index (χ2n) is 5.07. The molecule has 3 aromatic rings. The molecule has 0 unspecified atom stereocenters. The van der Waals surface area contributed by atoms with Crippen molar-refractivity contribution in [2.45, 2.75) is 0 Å². The van der Waals surface area contributed by atoms with Gasteiger partial charge in [-0.25, -0.2) is 5.43 Å². The van der Waals surface area contributed by atoms with Gasteiger partial charge >= 0.3 is 0 Å². The first-order valence-electron chi connectivity index (χ1n) is 7.21. The predicted molar refractivity (Wildman–Crippen MR) is 92.1 cm³/mol. The number of hydrogen-bond donors (Lipinski definition) is 1. The maximum Gasteiger partial charge on any atom is 0.271 e. The van der Waals surface area contributed by atoms with Crippen LogP contribution in [0.5, 0.6) is 0 Å². The minimum atomic E-state index is -0.469. The Morgan fingerprint density at radius 2 is 1.71 bits per heavy atom. The quantitative estimate of drug-likeness (QED) is 0.453. The van der Waals surface area contributed by atoms with Crippen LogP contribution in [-0.4, -0.2) is 17.0 Å². The van der Waals surface area contributed by atoms with Gasteiger partial charge in [-0.2, -0.15) is 5.10 Å². The van der Waals surface area contributed by atoms with E-state index in [0.29, 0.717) is 11.1 Å². The number of fused-ring (bicyclic) bond motifs is 1. The van der Waals surface area contributed by atoms with Crippen molar-refractivity contribution >= 4 is 28.6 Å². The first-order valence-corrected chi connectivity index (χ1v) is 7.21. The molecule has 3 rings (SSSR count). The first-order chi connectivity index (χ1) is 11.6. The molecule has 0 spiro atoms. The number of amides is 1. The van der Waals surface area contributed by atoms with Gasteiger partial charge in [-0.3, -0.25) is 14.9 Å². The molecule has 0 aliphatic heterocycles. The van der Waals surface area contributed by atoms with E-state index in [-0.39, 0.29) is 11.6 Å². The number of carbonyl (C=O) groups excluding carboxylic acids is 1. The average Bonchev–Trinajstić information content (AvgIpc) is 2.61. The van der Waals surface area contributed by atoms with Crippen LogP contribution in [0.25, 0.3) is 10.8 Å². The number of rotatable bonds is 4. The van der Waals surface area contributed by atoms with Crippen LogP contribution in [0, 0.1) is 10.1 Å². The van der Waals surface area contributed by atoms with Crippen molar-refractivity contribution in [2.24, 2.45) is 5.10 Å². The Morgan fingerprint density at radius 1 is 1.00 bits per heavy atom. The second-order valence-corrected chi connectivity index (χ2v) is 5.07.